The van der Waals surface area contributed by atoms with Crippen molar-refractivity contribution in [1.82, 2.24) is 19.5 Å². The van der Waals surface area contributed by atoms with E-state index in [0.717, 1.165) is 0 Å². The van der Waals surface area contributed by atoms with Gasteiger partial charge in [0.1, 0.15) is 18.0 Å². The minimum absolute atomic E-state index is 0.0339. The summed E-state index contributed by atoms with van der Waals surface area (Å²) in [7, 11) is 0. The lowest BCUT2D eigenvalue weighted by Gasteiger charge is -2.22. The van der Waals surface area contributed by atoms with Gasteiger partial charge in [-0.3, -0.25) is 14.3 Å². The van der Waals surface area contributed by atoms with E-state index in [1.165, 1.54) is 10.9 Å². The van der Waals surface area contributed by atoms with Crippen LogP contribution in [0.2, 0.25) is 0 Å². The molecule has 1 aliphatic heterocycles. The molecule has 152 valence electrons. The van der Waals surface area contributed by atoms with Gasteiger partial charge in [-0.1, -0.05) is 18.2 Å². The minimum Gasteiger partial charge on any atom is -0.446 e. The van der Waals surface area contributed by atoms with E-state index in [1.54, 1.807) is 24.3 Å². The van der Waals surface area contributed by atoms with E-state index in [1.807, 2.05) is 6.07 Å². The van der Waals surface area contributed by atoms with Gasteiger partial charge in [0.2, 0.25) is 5.95 Å². The fourth-order valence-corrected chi connectivity index (χ4v) is 3.28. The SMILES string of the molecule is Nc1nc2c(ncn2[C@@H]2O[C@H](CO)[C@@H](O)[C@H]2OC(=S)Oc2ccccc2)c(=O)[nH]1. The molecule has 4 rings (SSSR count). The second-order valence-electron chi connectivity index (χ2n) is 6.26. The van der Waals surface area contributed by atoms with Crippen molar-refractivity contribution in [3.05, 3.63) is 47.0 Å². The summed E-state index contributed by atoms with van der Waals surface area (Å²) in [5.74, 6) is 0.345. The molecule has 3 aromatic rings. The van der Waals surface area contributed by atoms with Crippen LogP contribution >= 0.6 is 12.2 Å². The molecule has 12 heteroatoms. The lowest BCUT2D eigenvalue weighted by Crippen LogP contribution is -2.37. The Kier molecular flexibility index (Phi) is 5.15. The van der Waals surface area contributed by atoms with Gasteiger partial charge in [-0.25, -0.2) is 4.98 Å². The number of thiocarbonyl (C=S) groups is 1. The average molecular weight is 419 g/mol. The zero-order valence-corrected chi connectivity index (χ0v) is 15.7. The molecule has 0 spiro atoms. The number of hydrogen-bond acceptors (Lipinski definition) is 10. The number of aliphatic hydroxyl groups is 2. The van der Waals surface area contributed by atoms with Gasteiger partial charge in [0.25, 0.3) is 5.56 Å². The van der Waals surface area contributed by atoms with Gasteiger partial charge in [0, 0.05) is 12.2 Å². The number of nitrogen functional groups attached to an aromatic ring is 1. The van der Waals surface area contributed by atoms with E-state index in [0.29, 0.717) is 5.75 Å². The summed E-state index contributed by atoms with van der Waals surface area (Å²) < 4.78 is 18.2. The number of ether oxygens (including phenoxy) is 3. The number of aromatic amines is 1. The van der Waals surface area contributed by atoms with E-state index in [2.05, 4.69) is 15.0 Å². The third-order valence-electron chi connectivity index (χ3n) is 4.39. The molecule has 0 amide bonds. The fourth-order valence-electron chi connectivity index (χ4n) is 3.07. The van der Waals surface area contributed by atoms with Crippen LogP contribution in [0.4, 0.5) is 5.95 Å². The molecule has 0 aliphatic carbocycles. The molecule has 0 bridgehead atoms. The first kappa shape index (κ1) is 19.3. The van der Waals surface area contributed by atoms with Crippen LogP contribution < -0.4 is 16.0 Å². The number of benzene rings is 1. The number of nitrogens with two attached hydrogens (primary N) is 1. The van der Waals surface area contributed by atoms with E-state index >= 15 is 0 Å². The molecule has 2 aromatic heterocycles. The zero-order valence-electron chi connectivity index (χ0n) is 14.8. The molecule has 1 aliphatic rings. The second kappa shape index (κ2) is 7.75. The number of hydrogen-bond donors (Lipinski definition) is 4. The van der Waals surface area contributed by atoms with Crippen molar-refractivity contribution in [2.75, 3.05) is 12.3 Å². The highest BCUT2D eigenvalue weighted by molar-refractivity contribution is 7.79. The maximum Gasteiger partial charge on any atom is 0.358 e. The van der Waals surface area contributed by atoms with Crippen LogP contribution in [0.15, 0.2) is 41.5 Å². The molecule has 5 N–H and O–H groups in total. The normalized spacial score (nSPS) is 23.9. The van der Waals surface area contributed by atoms with Crippen molar-refractivity contribution in [2.45, 2.75) is 24.5 Å². The van der Waals surface area contributed by atoms with Crippen LogP contribution in [0.1, 0.15) is 6.23 Å². The first-order valence-electron chi connectivity index (χ1n) is 8.58. The van der Waals surface area contributed by atoms with E-state index in [9.17, 15) is 15.0 Å². The molecule has 1 aromatic carbocycles. The monoisotopic (exact) mass is 419 g/mol. The van der Waals surface area contributed by atoms with Crippen molar-refractivity contribution in [3.8, 4) is 5.75 Å². The van der Waals surface area contributed by atoms with Crippen LogP contribution in [0.25, 0.3) is 11.2 Å². The molecule has 1 saturated heterocycles. The maximum absolute atomic E-state index is 12.0. The third kappa shape index (κ3) is 3.65. The van der Waals surface area contributed by atoms with Crippen LogP contribution in [0.5, 0.6) is 5.75 Å². The summed E-state index contributed by atoms with van der Waals surface area (Å²) in [6.45, 7) is -0.466. The zero-order chi connectivity index (χ0) is 20.5. The van der Waals surface area contributed by atoms with Crippen molar-refractivity contribution < 1.29 is 24.4 Å². The number of aromatic nitrogens is 4. The number of para-hydroxylation sites is 1. The maximum atomic E-state index is 12.0. The number of nitrogens with zero attached hydrogens (tertiary/aromatic N) is 3. The van der Waals surface area contributed by atoms with Crippen molar-refractivity contribution >= 4 is 34.6 Å². The number of aliphatic hydroxyl groups excluding tert-OH is 2. The summed E-state index contributed by atoms with van der Waals surface area (Å²) in [6.07, 6.45) is -2.96. The van der Waals surface area contributed by atoms with Crippen LogP contribution in [0.3, 0.4) is 0 Å². The standard InChI is InChI=1S/C17H17N5O6S/c18-16-20-13-10(14(25)21-16)19-7-22(13)15-12(11(24)9(6-23)27-15)28-17(29)26-8-4-2-1-3-5-8/h1-5,7,9,11-12,15,23-24H,6H2,(H3,18,20,21,25)/t9-,11-,12-,15-/m1/s1. The second-order valence-corrected chi connectivity index (χ2v) is 6.59. The Balaban J connectivity index is 1.64. The molecule has 3 heterocycles. The summed E-state index contributed by atoms with van der Waals surface area (Å²) in [6, 6.07) is 8.72. The Bertz CT molecular complexity index is 1090. The first-order chi connectivity index (χ1) is 14.0. The highest BCUT2D eigenvalue weighted by Crippen LogP contribution is 2.33. The van der Waals surface area contributed by atoms with E-state index in [4.69, 9.17) is 32.2 Å². The van der Waals surface area contributed by atoms with Gasteiger partial charge < -0.3 is 30.2 Å². The molecule has 0 unspecified atom stereocenters. The lowest BCUT2D eigenvalue weighted by atomic mass is 10.1. The molecule has 29 heavy (non-hydrogen) atoms. The highest BCUT2D eigenvalue weighted by atomic mass is 32.1. The topological polar surface area (TPSA) is 158 Å². The Morgan fingerprint density at radius 3 is 2.86 bits per heavy atom. The highest BCUT2D eigenvalue weighted by Gasteiger charge is 2.47. The minimum atomic E-state index is -1.24. The Hall–Kier alpha value is -3.06. The van der Waals surface area contributed by atoms with Gasteiger partial charge >= 0.3 is 5.24 Å². The fraction of sp³-hybridized carbons (Fsp3) is 0.294. The quantitative estimate of drug-likeness (QED) is 0.414. The largest absolute Gasteiger partial charge is 0.446 e. The van der Waals surface area contributed by atoms with Gasteiger partial charge in [-0.2, -0.15) is 4.98 Å². The number of rotatable bonds is 4. The third-order valence-corrected chi connectivity index (χ3v) is 4.57. The molecular weight excluding hydrogens is 402 g/mol. The van der Waals surface area contributed by atoms with E-state index in [-0.39, 0.29) is 22.3 Å². The predicted octanol–water partition coefficient (Wildman–Crippen LogP) is -0.299. The summed E-state index contributed by atoms with van der Waals surface area (Å²) in [4.78, 5) is 22.5. The molecule has 11 nitrogen and oxygen atoms in total. The molecular formula is C17H17N5O6S. The van der Waals surface area contributed by atoms with Crippen molar-refractivity contribution in [2.24, 2.45) is 0 Å². The summed E-state index contributed by atoms with van der Waals surface area (Å²) in [5.41, 5.74) is 5.26. The number of H-pyrrole nitrogens is 1. The molecule has 4 atom stereocenters. The number of fused-ring (bicyclic) bond motifs is 1. The smallest absolute Gasteiger partial charge is 0.358 e. The van der Waals surface area contributed by atoms with Gasteiger partial charge in [0.05, 0.1) is 12.9 Å². The van der Waals surface area contributed by atoms with Crippen molar-refractivity contribution in [1.29, 1.82) is 0 Å². The summed E-state index contributed by atoms with van der Waals surface area (Å²) >= 11 is 5.13. The van der Waals surface area contributed by atoms with Crippen LogP contribution in [-0.2, 0) is 9.47 Å². The summed E-state index contributed by atoms with van der Waals surface area (Å²) in [5, 5.41) is 19.8. The number of anilines is 1. The van der Waals surface area contributed by atoms with Gasteiger partial charge in [-0.05, 0) is 12.1 Å². The van der Waals surface area contributed by atoms with Gasteiger partial charge in [0.15, 0.2) is 23.5 Å². The van der Waals surface area contributed by atoms with Crippen molar-refractivity contribution in [3.63, 3.8) is 0 Å². The first-order valence-corrected chi connectivity index (χ1v) is 8.99. The Labute approximate surface area is 168 Å². The van der Waals surface area contributed by atoms with Crippen LogP contribution in [-0.4, -0.2) is 59.9 Å². The van der Waals surface area contributed by atoms with E-state index < -0.39 is 36.7 Å². The predicted molar refractivity (Wildman–Crippen MR) is 104 cm³/mol. The Morgan fingerprint density at radius 2 is 2.14 bits per heavy atom. The van der Waals surface area contributed by atoms with Crippen LogP contribution in [0, 0.1) is 0 Å². The number of nitrogens with one attached hydrogen (secondary N) is 1. The molecule has 0 radical (unpaired) electrons. The molecule has 0 saturated carbocycles. The number of imidazole rings is 1. The van der Waals surface area contributed by atoms with Gasteiger partial charge in [-0.15, -0.1) is 0 Å². The Morgan fingerprint density at radius 1 is 1.38 bits per heavy atom. The molecule has 1 fully saturated rings. The lowest BCUT2D eigenvalue weighted by molar-refractivity contribution is -0.0507. The average Bonchev–Trinajstić information content (AvgIpc) is 3.24.